The SMILES string of the molecule is Cc1nc(N(C)c2ccccc2)n2ncc(C#CCCC(=O)O)c2n1. The van der Waals surface area contributed by atoms with E-state index in [-0.39, 0.29) is 12.8 Å². The molecule has 3 aromatic rings. The van der Waals surface area contributed by atoms with E-state index in [1.165, 1.54) is 0 Å². The fourth-order valence-electron chi connectivity index (χ4n) is 2.37. The molecule has 126 valence electrons. The van der Waals surface area contributed by atoms with E-state index in [2.05, 4.69) is 26.9 Å². The Morgan fingerprint density at radius 2 is 2.04 bits per heavy atom. The number of carboxylic acid groups (broad SMARTS) is 1. The van der Waals surface area contributed by atoms with Crippen LogP contribution in [-0.4, -0.2) is 37.7 Å². The smallest absolute Gasteiger partial charge is 0.304 e. The highest BCUT2D eigenvalue weighted by molar-refractivity contribution is 5.67. The third-order valence-electron chi connectivity index (χ3n) is 3.59. The Labute approximate surface area is 145 Å². The Morgan fingerprint density at radius 3 is 2.76 bits per heavy atom. The van der Waals surface area contributed by atoms with E-state index in [4.69, 9.17) is 5.11 Å². The number of aliphatic carboxylic acids is 1. The number of carbonyl (C=O) groups is 1. The van der Waals surface area contributed by atoms with E-state index >= 15 is 0 Å². The molecule has 0 fully saturated rings. The van der Waals surface area contributed by atoms with Crippen molar-refractivity contribution in [2.24, 2.45) is 0 Å². The summed E-state index contributed by atoms with van der Waals surface area (Å²) in [4.78, 5) is 21.4. The molecule has 0 saturated carbocycles. The molecular weight excluding hydrogens is 318 g/mol. The minimum atomic E-state index is -0.862. The summed E-state index contributed by atoms with van der Waals surface area (Å²) >= 11 is 0. The van der Waals surface area contributed by atoms with Gasteiger partial charge in [-0.15, -0.1) is 0 Å². The molecule has 0 saturated heterocycles. The molecule has 0 spiro atoms. The summed E-state index contributed by atoms with van der Waals surface area (Å²) in [5, 5.41) is 13.0. The number of anilines is 2. The molecule has 0 aliphatic rings. The van der Waals surface area contributed by atoms with Crippen molar-refractivity contribution in [3.05, 3.63) is 47.9 Å². The average Bonchev–Trinajstić information content (AvgIpc) is 3.01. The molecule has 3 rings (SSSR count). The molecule has 0 aliphatic carbocycles. The van der Waals surface area contributed by atoms with Crippen molar-refractivity contribution in [1.82, 2.24) is 19.6 Å². The maximum absolute atomic E-state index is 10.6. The number of para-hydroxylation sites is 1. The van der Waals surface area contributed by atoms with Gasteiger partial charge in [-0.2, -0.15) is 14.6 Å². The lowest BCUT2D eigenvalue weighted by molar-refractivity contribution is -0.136. The lowest BCUT2D eigenvalue weighted by Gasteiger charge is -2.18. The van der Waals surface area contributed by atoms with Crippen LogP contribution in [0.2, 0.25) is 0 Å². The first-order valence-electron chi connectivity index (χ1n) is 7.78. The number of fused-ring (bicyclic) bond motifs is 1. The summed E-state index contributed by atoms with van der Waals surface area (Å²) in [6.45, 7) is 1.82. The second kappa shape index (κ2) is 7.01. The Bertz CT molecular complexity index is 970. The highest BCUT2D eigenvalue weighted by atomic mass is 16.4. The quantitative estimate of drug-likeness (QED) is 0.737. The Kier molecular flexibility index (Phi) is 4.61. The molecule has 1 aromatic carbocycles. The molecule has 2 heterocycles. The van der Waals surface area contributed by atoms with Gasteiger partial charge < -0.3 is 10.0 Å². The van der Waals surface area contributed by atoms with Crippen molar-refractivity contribution >= 4 is 23.3 Å². The molecule has 0 unspecified atom stereocenters. The van der Waals surface area contributed by atoms with Crippen LogP contribution >= 0.6 is 0 Å². The van der Waals surface area contributed by atoms with E-state index in [0.29, 0.717) is 23.0 Å². The van der Waals surface area contributed by atoms with Crippen LogP contribution in [0.3, 0.4) is 0 Å². The standard InChI is InChI=1S/C18H17N5O2/c1-13-20-17-14(8-6-7-11-16(24)25)12-19-23(17)18(21-13)22(2)15-9-4-3-5-10-15/h3-5,9-10,12H,7,11H2,1-2H3,(H,24,25). The number of rotatable bonds is 4. The van der Waals surface area contributed by atoms with Crippen molar-refractivity contribution in [2.45, 2.75) is 19.8 Å². The number of carboxylic acids is 1. The largest absolute Gasteiger partial charge is 0.481 e. The van der Waals surface area contributed by atoms with Crippen molar-refractivity contribution < 1.29 is 9.90 Å². The van der Waals surface area contributed by atoms with E-state index in [9.17, 15) is 4.79 Å². The first-order valence-corrected chi connectivity index (χ1v) is 7.78. The third kappa shape index (κ3) is 3.58. The van der Waals surface area contributed by atoms with Gasteiger partial charge in [-0.1, -0.05) is 30.0 Å². The first-order chi connectivity index (χ1) is 12.1. The van der Waals surface area contributed by atoms with Gasteiger partial charge >= 0.3 is 5.97 Å². The van der Waals surface area contributed by atoms with Crippen molar-refractivity contribution in [1.29, 1.82) is 0 Å². The fraction of sp³-hybridized carbons (Fsp3) is 0.222. The summed E-state index contributed by atoms with van der Waals surface area (Å²) < 4.78 is 1.64. The minimum Gasteiger partial charge on any atom is -0.481 e. The Balaban J connectivity index is 2.00. The highest BCUT2D eigenvalue weighted by Crippen LogP contribution is 2.22. The molecule has 1 N–H and O–H groups in total. The lowest BCUT2D eigenvalue weighted by atomic mass is 10.3. The third-order valence-corrected chi connectivity index (χ3v) is 3.59. The zero-order valence-electron chi connectivity index (χ0n) is 14.0. The predicted molar refractivity (Wildman–Crippen MR) is 93.8 cm³/mol. The van der Waals surface area contributed by atoms with Crippen LogP contribution in [0.15, 0.2) is 36.5 Å². The van der Waals surface area contributed by atoms with E-state index in [1.807, 2.05) is 49.2 Å². The molecule has 25 heavy (non-hydrogen) atoms. The average molecular weight is 335 g/mol. The van der Waals surface area contributed by atoms with Crippen LogP contribution in [0.5, 0.6) is 0 Å². The molecule has 0 atom stereocenters. The normalized spacial score (nSPS) is 10.3. The Hall–Kier alpha value is -3.40. The zero-order valence-corrected chi connectivity index (χ0v) is 14.0. The number of aryl methyl sites for hydroxylation is 1. The fourth-order valence-corrected chi connectivity index (χ4v) is 2.37. The predicted octanol–water partition coefficient (Wildman–Crippen LogP) is 2.42. The molecule has 7 nitrogen and oxygen atoms in total. The zero-order chi connectivity index (χ0) is 17.8. The van der Waals surface area contributed by atoms with Gasteiger partial charge in [0.05, 0.1) is 18.2 Å². The molecule has 0 radical (unpaired) electrons. The van der Waals surface area contributed by atoms with Gasteiger partial charge in [0.25, 0.3) is 0 Å². The summed E-state index contributed by atoms with van der Waals surface area (Å²) in [5.74, 6) is 6.18. The summed E-state index contributed by atoms with van der Waals surface area (Å²) in [6, 6.07) is 9.84. The van der Waals surface area contributed by atoms with Crippen molar-refractivity contribution in [3.63, 3.8) is 0 Å². The summed E-state index contributed by atoms with van der Waals surface area (Å²) in [5.41, 5.74) is 2.23. The monoisotopic (exact) mass is 335 g/mol. The number of hydrogen-bond acceptors (Lipinski definition) is 5. The summed E-state index contributed by atoms with van der Waals surface area (Å²) in [7, 11) is 1.91. The van der Waals surface area contributed by atoms with Gasteiger partial charge in [-0.25, -0.2) is 4.98 Å². The molecule has 0 bridgehead atoms. The van der Waals surface area contributed by atoms with Gasteiger partial charge in [-0.3, -0.25) is 4.79 Å². The van der Waals surface area contributed by atoms with Crippen LogP contribution in [-0.2, 0) is 4.79 Å². The van der Waals surface area contributed by atoms with Crippen molar-refractivity contribution in [3.8, 4) is 11.8 Å². The van der Waals surface area contributed by atoms with Crippen LogP contribution in [0.4, 0.5) is 11.6 Å². The molecule has 2 aromatic heterocycles. The Morgan fingerprint density at radius 1 is 1.28 bits per heavy atom. The topological polar surface area (TPSA) is 83.6 Å². The van der Waals surface area contributed by atoms with Crippen LogP contribution < -0.4 is 4.90 Å². The number of benzene rings is 1. The first kappa shape index (κ1) is 16.5. The van der Waals surface area contributed by atoms with Crippen LogP contribution in [0.1, 0.15) is 24.2 Å². The van der Waals surface area contributed by atoms with Gasteiger partial charge in [0.2, 0.25) is 5.95 Å². The van der Waals surface area contributed by atoms with E-state index < -0.39 is 5.97 Å². The van der Waals surface area contributed by atoms with Gasteiger partial charge in [0.15, 0.2) is 5.65 Å². The van der Waals surface area contributed by atoms with Gasteiger partial charge in [0.1, 0.15) is 5.82 Å². The number of hydrogen-bond donors (Lipinski definition) is 1. The molecule has 0 aliphatic heterocycles. The van der Waals surface area contributed by atoms with E-state index in [1.54, 1.807) is 10.7 Å². The maximum Gasteiger partial charge on any atom is 0.304 e. The minimum absolute atomic E-state index is 0.0161. The van der Waals surface area contributed by atoms with Gasteiger partial charge in [0, 0.05) is 19.2 Å². The van der Waals surface area contributed by atoms with Crippen molar-refractivity contribution in [2.75, 3.05) is 11.9 Å². The van der Waals surface area contributed by atoms with Crippen LogP contribution in [0.25, 0.3) is 5.65 Å². The molecule has 7 heteroatoms. The lowest BCUT2D eigenvalue weighted by Crippen LogP contribution is -2.17. The molecule has 0 amide bonds. The van der Waals surface area contributed by atoms with E-state index in [0.717, 1.165) is 5.69 Å². The number of nitrogens with zero attached hydrogens (tertiary/aromatic N) is 5. The number of aromatic nitrogens is 4. The van der Waals surface area contributed by atoms with Gasteiger partial charge in [-0.05, 0) is 19.1 Å². The summed E-state index contributed by atoms with van der Waals surface area (Å²) in [6.07, 6.45) is 1.93. The highest BCUT2D eigenvalue weighted by Gasteiger charge is 2.14. The second-order valence-corrected chi connectivity index (χ2v) is 5.45. The van der Waals surface area contributed by atoms with Crippen LogP contribution in [0, 0.1) is 18.8 Å². The molecular formula is C18H17N5O2. The second-order valence-electron chi connectivity index (χ2n) is 5.45. The maximum atomic E-state index is 10.6.